The van der Waals surface area contributed by atoms with Crippen LogP contribution in [0.5, 0.6) is 5.75 Å². The van der Waals surface area contributed by atoms with Gasteiger partial charge in [-0.05, 0) is 95.0 Å². The van der Waals surface area contributed by atoms with E-state index < -0.39 is 17.5 Å². The van der Waals surface area contributed by atoms with Crippen molar-refractivity contribution in [2.24, 2.45) is 11.3 Å². The molecule has 2 N–H and O–H groups in total. The Kier molecular flexibility index (Phi) is 9.56. The Morgan fingerprint density at radius 2 is 1.76 bits per heavy atom. The van der Waals surface area contributed by atoms with E-state index in [1.807, 2.05) is 20.8 Å². The molecule has 3 rings (SSSR count). The van der Waals surface area contributed by atoms with Gasteiger partial charge in [0.05, 0.1) is 11.0 Å². The highest BCUT2D eigenvalue weighted by molar-refractivity contribution is 5.75. The number of carbonyl (C=O) groups is 2. The molecule has 0 aliphatic heterocycles. The summed E-state index contributed by atoms with van der Waals surface area (Å²) in [5, 5.41) is 22.1. The second-order valence-corrected chi connectivity index (χ2v) is 11.9. The van der Waals surface area contributed by atoms with E-state index in [0.717, 1.165) is 24.8 Å². The molecule has 7 nitrogen and oxygen atoms in total. The number of nitrogens with zero attached hydrogens (tertiary/aromatic N) is 1. The number of fused-ring (bicyclic) bond motifs is 1. The third kappa shape index (κ3) is 8.59. The Labute approximate surface area is 226 Å². The van der Waals surface area contributed by atoms with Crippen molar-refractivity contribution in [2.45, 2.75) is 78.4 Å². The van der Waals surface area contributed by atoms with Crippen molar-refractivity contribution >= 4 is 11.9 Å². The summed E-state index contributed by atoms with van der Waals surface area (Å²) in [5.74, 6) is -0.308. The van der Waals surface area contributed by atoms with E-state index in [-0.39, 0.29) is 24.5 Å². The Balaban J connectivity index is 1.66. The molecule has 1 aliphatic carbocycles. The first-order valence-electron chi connectivity index (χ1n) is 13.3. The molecule has 2 aromatic carbocycles. The fraction of sp³-hybridized carbons (Fsp3) is 0.516. The predicted molar refractivity (Wildman–Crippen MR) is 146 cm³/mol. The number of esters is 1. The van der Waals surface area contributed by atoms with Gasteiger partial charge in [-0.1, -0.05) is 30.3 Å². The SMILES string of the molecule is CC(C)(CC1Cc2ccccc2C1)NC[C@@H](COc1cc(CCC(=O)O)ccc1C#N)OC(=O)C(C)(C)C. The molecule has 38 heavy (non-hydrogen) atoms. The van der Waals surface area contributed by atoms with Crippen molar-refractivity contribution in [3.8, 4) is 11.8 Å². The van der Waals surface area contributed by atoms with E-state index in [1.54, 1.807) is 18.2 Å². The lowest BCUT2D eigenvalue weighted by Crippen LogP contribution is -2.47. The molecule has 7 heteroatoms. The second-order valence-electron chi connectivity index (χ2n) is 11.9. The predicted octanol–water partition coefficient (Wildman–Crippen LogP) is 5.09. The average molecular weight is 521 g/mol. The molecule has 0 radical (unpaired) electrons. The minimum Gasteiger partial charge on any atom is -0.488 e. The first-order chi connectivity index (χ1) is 17.9. The third-order valence-corrected chi connectivity index (χ3v) is 6.85. The summed E-state index contributed by atoms with van der Waals surface area (Å²) >= 11 is 0. The van der Waals surface area contributed by atoms with Crippen molar-refractivity contribution in [3.05, 3.63) is 64.7 Å². The van der Waals surface area contributed by atoms with Crippen LogP contribution in [0.25, 0.3) is 0 Å². The molecule has 0 aromatic heterocycles. The maximum Gasteiger partial charge on any atom is 0.311 e. The molecule has 0 saturated heterocycles. The van der Waals surface area contributed by atoms with E-state index in [4.69, 9.17) is 14.6 Å². The van der Waals surface area contributed by atoms with E-state index in [2.05, 4.69) is 49.5 Å². The smallest absolute Gasteiger partial charge is 0.311 e. The summed E-state index contributed by atoms with van der Waals surface area (Å²) in [6.07, 6.45) is 2.87. The van der Waals surface area contributed by atoms with Crippen LogP contribution in [0.1, 0.15) is 69.7 Å². The summed E-state index contributed by atoms with van der Waals surface area (Å²) in [7, 11) is 0. The maximum absolute atomic E-state index is 12.7. The van der Waals surface area contributed by atoms with Crippen molar-refractivity contribution in [2.75, 3.05) is 13.2 Å². The molecule has 0 saturated carbocycles. The Morgan fingerprint density at radius 3 is 2.34 bits per heavy atom. The number of nitrogens with one attached hydrogen (secondary N) is 1. The van der Waals surface area contributed by atoms with Crippen molar-refractivity contribution in [3.63, 3.8) is 0 Å². The van der Waals surface area contributed by atoms with E-state index in [9.17, 15) is 14.9 Å². The summed E-state index contributed by atoms with van der Waals surface area (Å²) in [6, 6.07) is 15.8. The van der Waals surface area contributed by atoms with Crippen LogP contribution in [0.4, 0.5) is 0 Å². The van der Waals surface area contributed by atoms with Gasteiger partial charge in [0.1, 0.15) is 24.5 Å². The van der Waals surface area contributed by atoms with E-state index in [1.165, 1.54) is 11.1 Å². The molecule has 0 unspecified atom stereocenters. The minimum atomic E-state index is -0.888. The number of hydrogen-bond donors (Lipinski definition) is 2. The quantitative estimate of drug-likeness (QED) is 0.376. The molecule has 0 bridgehead atoms. The van der Waals surface area contributed by atoms with E-state index in [0.29, 0.717) is 30.2 Å². The molecule has 1 atom stereocenters. The highest BCUT2D eigenvalue weighted by atomic mass is 16.6. The number of carboxylic acid groups (broad SMARTS) is 1. The molecule has 1 aliphatic rings. The number of aliphatic carboxylic acids is 1. The Hall–Kier alpha value is -3.37. The van der Waals surface area contributed by atoms with Gasteiger partial charge in [0.2, 0.25) is 0 Å². The summed E-state index contributed by atoms with van der Waals surface area (Å²) in [6.45, 7) is 10.2. The largest absolute Gasteiger partial charge is 0.488 e. The van der Waals surface area contributed by atoms with Crippen LogP contribution in [0.15, 0.2) is 42.5 Å². The Bertz CT molecular complexity index is 1150. The van der Waals surface area contributed by atoms with Crippen LogP contribution in [-0.2, 0) is 33.6 Å². The lowest BCUT2D eigenvalue weighted by Gasteiger charge is -2.32. The van der Waals surface area contributed by atoms with Gasteiger partial charge in [-0.3, -0.25) is 9.59 Å². The van der Waals surface area contributed by atoms with Crippen molar-refractivity contribution in [1.29, 1.82) is 5.26 Å². The standard InChI is InChI=1S/C31H40N2O5/c1-30(2,3)29(36)38-26(20-37-27-16-21(11-13-28(34)35)10-12-25(27)18-32)19-33-31(4,5)17-22-14-23-8-6-7-9-24(23)15-22/h6-10,12,16,22,26,33H,11,13-15,17,19-20H2,1-5H3,(H,34,35)/t26-/m0/s1. The van der Waals surface area contributed by atoms with Crippen LogP contribution in [0, 0.1) is 22.7 Å². The van der Waals surface area contributed by atoms with Gasteiger partial charge in [-0.15, -0.1) is 0 Å². The van der Waals surface area contributed by atoms with E-state index >= 15 is 0 Å². The Morgan fingerprint density at radius 1 is 1.11 bits per heavy atom. The highest BCUT2D eigenvalue weighted by Gasteiger charge is 2.31. The number of rotatable bonds is 12. The normalized spacial score (nSPS) is 14.4. The summed E-state index contributed by atoms with van der Waals surface area (Å²) in [4.78, 5) is 23.7. The van der Waals surface area contributed by atoms with Crippen LogP contribution < -0.4 is 10.1 Å². The maximum atomic E-state index is 12.7. The van der Waals surface area contributed by atoms with Crippen molar-refractivity contribution in [1.82, 2.24) is 5.32 Å². The van der Waals surface area contributed by atoms with Gasteiger partial charge in [0.15, 0.2) is 0 Å². The molecule has 2 aromatic rings. The number of benzene rings is 2. The van der Waals surface area contributed by atoms with Gasteiger partial charge in [0.25, 0.3) is 0 Å². The number of nitriles is 1. The van der Waals surface area contributed by atoms with Gasteiger partial charge in [0, 0.05) is 18.5 Å². The topological polar surface area (TPSA) is 109 Å². The lowest BCUT2D eigenvalue weighted by molar-refractivity contribution is -0.160. The molecular weight excluding hydrogens is 480 g/mol. The third-order valence-electron chi connectivity index (χ3n) is 6.85. The fourth-order valence-electron chi connectivity index (χ4n) is 4.81. The molecular formula is C31H40N2O5. The average Bonchev–Trinajstić information content (AvgIpc) is 3.25. The number of carboxylic acids is 1. The summed E-state index contributed by atoms with van der Waals surface area (Å²) in [5.41, 5.74) is 3.11. The molecule has 0 fully saturated rings. The van der Waals surface area contributed by atoms with Gasteiger partial charge in [-0.25, -0.2) is 0 Å². The zero-order valence-corrected chi connectivity index (χ0v) is 23.2. The molecule has 0 amide bonds. The first kappa shape index (κ1) is 29.2. The van der Waals surface area contributed by atoms with Crippen LogP contribution in [0.3, 0.4) is 0 Å². The van der Waals surface area contributed by atoms with Crippen LogP contribution in [0.2, 0.25) is 0 Å². The number of hydrogen-bond acceptors (Lipinski definition) is 6. The highest BCUT2D eigenvalue weighted by Crippen LogP contribution is 2.32. The monoisotopic (exact) mass is 520 g/mol. The summed E-state index contributed by atoms with van der Waals surface area (Å²) < 4.78 is 11.9. The number of aryl methyl sites for hydroxylation is 1. The van der Waals surface area contributed by atoms with Gasteiger partial charge in [-0.2, -0.15) is 5.26 Å². The number of carbonyl (C=O) groups excluding carboxylic acids is 1. The van der Waals surface area contributed by atoms with Crippen molar-refractivity contribution < 1.29 is 24.2 Å². The van der Waals surface area contributed by atoms with Gasteiger partial charge < -0.3 is 19.9 Å². The fourth-order valence-corrected chi connectivity index (χ4v) is 4.81. The second kappa shape index (κ2) is 12.4. The lowest BCUT2D eigenvalue weighted by atomic mass is 9.88. The minimum absolute atomic E-state index is 0.0117. The van der Waals surface area contributed by atoms with Crippen LogP contribution >= 0.6 is 0 Å². The molecule has 204 valence electrons. The number of ether oxygens (including phenoxy) is 2. The van der Waals surface area contributed by atoms with Gasteiger partial charge >= 0.3 is 11.9 Å². The molecule has 0 spiro atoms. The zero-order chi connectivity index (χ0) is 27.9. The van der Waals surface area contributed by atoms with Crippen LogP contribution in [-0.4, -0.2) is 41.8 Å². The molecule has 0 heterocycles. The zero-order valence-electron chi connectivity index (χ0n) is 23.2. The first-order valence-corrected chi connectivity index (χ1v) is 13.3.